The molecule has 27 heavy (non-hydrogen) atoms. The number of amides is 1. The second-order valence-electron chi connectivity index (χ2n) is 6.31. The first-order valence-corrected chi connectivity index (χ1v) is 9.18. The largest absolute Gasteiger partial charge is 0.311 e. The SMILES string of the molecule is CCCCN(C(=O)Cn1nc(-c2ccccc2)ccc1=O)c1ccccc1. The number of anilines is 1. The van der Waals surface area contributed by atoms with E-state index in [4.69, 9.17) is 0 Å². The monoisotopic (exact) mass is 361 g/mol. The summed E-state index contributed by atoms with van der Waals surface area (Å²) in [5.41, 5.74) is 2.13. The highest BCUT2D eigenvalue weighted by Crippen LogP contribution is 2.16. The van der Waals surface area contributed by atoms with E-state index in [1.165, 1.54) is 10.7 Å². The van der Waals surface area contributed by atoms with Gasteiger partial charge in [-0.25, -0.2) is 4.68 Å². The Kier molecular flexibility index (Phi) is 6.15. The van der Waals surface area contributed by atoms with Crippen LogP contribution in [0.3, 0.4) is 0 Å². The fourth-order valence-electron chi connectivity index (χ4n) is 2.86. The van der Waals surface area contributed by atoms with Gasteiger partial charge < -0.3 is 4.90 Å². The molecule has 3 rings (SSSR count). The molecular formula is C22H23N3O2. The highest BCUT2D eigenvalue weighted by Gasteiger charge is 2.17. The van der Waals surface area contributed by atoms with Crippen molar-refractivity contribution in [2.24, 2.45) is 0 Å². The third-order valence-electron chi connectivity index (χ3n) is 4.33. The first-order chi connectivity index (χ1) is 13.2. The van der Waals surface area contributed by atoms with Gasteiger partial charge in [-0.05, 0) is 24.6 Å². The van der Waals surface area contributed by atoms with Crippen LogP contribution in [-0.2, 0) is 11.3 Å². The summed E-state index contributed by atoms with van der Waals surface area (Å²) in [5.74, 6) is -0.144. The molecule has 138 valence electrons. The van der Waals surface area contributed by atoms with Crippen molar-refractivity contribution in [2.75, 3.05) is 11.4 Å². The molecular weight excluding hydrogens is 338 g/mol. The Morgan fingerprint density at radius 2 is 1.63 bits per heavy atom. The third kappa shape index (κ3) is 4.70. The smallest absolute Gasteiger partial charge is 0.267 e. The molecule has 0 fully saturated rings. The molecule has 2 aromatic carbocycles. The molecule has 5 nitrogen and oxygen atoms in total. The highest BCUT2D eigenvalue weighted by atomic mass is 16.2. The second-order valence-corrected chi connectivity index (χ2v) is 6.31. The van der Waals surface area contributed by atoms with Crippen molar-refractivity contribution in [2.45, 2.75) is 26.3 Å². The van der Waals surface area contributed by atoms with E-state index in [2.05, 4.69) is 12.0 Å². The van der Waals surface area contributed by atoms with Crippen LogP contribution in [0.1, 0.15) is 19.8 Å². The number of hydrogen-bond acceptors (Lipinski definition) is 3. The average Bonchev–Trinajstić information content (AvgIpc) is 2.71. The van der Waals surface area contributed by atoms with Crippen molar-refractivity contribution in [1.29, 1.82) is 0 Å². The maximum Gasteiger partial charge on any atom is 0.267 e. The van der Waals surface area contributed by atoms with E-state index in [-0.39, 0.29) is 18.0 Å². The summed E-state index contributed by atoms with van der Waals surface area (Å²) in [5, 5.41) is 4.40. The number of carbonyl (C=O) groups is 1. The van der Waals surface area contributed by atoms with Crippen molar-refractivity contribution >= 4 is 11.6 Å². The zero-order chi connectivity index (χ0) is 19.1. The molecule has 0 aliphatic rings. The predicted octanol–water partition coefficient (Wildman–Crippen LogP) is 3.74. The zero-order valence-corrected chi connectivity index (χ0v) is 15.4. The Balaban J connectivity index is 1.86. The topological polar surface area (TPSA) is 55.2 Å². The van der Waals surface area contributed by atoms with Gasteiger partial charge in [-0.3, -0.25) is 9.59 Å². The summed E-state index contributed by atoms with van der Waals surface area (Å²) >= 11 is 0. The molecule has 5 heteroatoms. The fourth-order valence-corrected chi connectivity index (χ4v) is 2.86. The number of nitrogens with zero attached hydrogens (tertiary/aromatic N) is 3. The van der Waals surface area contributed by atoms with Gasteiger partial charge in [0.2, 0.25) is 5.91 Å². The number of carbonyl (C=O) groups excluding carboxylic acids is 1. The van der Waals surface area contributed by atoms with Gasteiger partial charge in [0.25, 0.3) is 5.56 Å². The molecule has 1 heterocycles. The number of para-hydroxylation sites is 1. The number of rotatable bonds is 7. The van der Waals surface area contributed by atoms with E-state index in [0.717, 1.165) is 24.1 Å². The van der Waals surface area contributed by atoms with Gasteiger partial charge in [-0.15, -0.1) is 0 Å². The number of unbranched alkanes of at least 4 members (excludes halogenated alkanes) is 1. The Morgan fingerprint density at radius 3 is 2.30 bits per heavy atom. The van der Waals surface area contributed by atoms with Gasteiger partial charge in [0.15, 0.2) is 0 Å². The van der Waals surface area contributed by atoms with Crippen LogP contribution >= 0.6 is 0 Å². The molecule has 0 saturated carbocycles. The molecule has 0 radical (unpaired) electrons. The maximum atomic E-state index is 12.9. The molecule has 1 aromatic heterocycles. The number of aromatic nitrogens is 2. The number of hydrogen-bond donors (Lipinski definition) is 0. The lowest BCUT2D eigenvalue weighted by Gasteiger charge is -2.23. The molecule has 0 bridgehead atoms. The van der Waals surface area contributed by atoms with Crippen LogP contribution in [0.4, 0.5) is 5.69 Å². The summed E-state index contributed by atoms with van der Waals surface area (Å²) in [6.45, 7) is 2.62. The third-order valence-corrected chi connectivity index (χ3v) is 4.33. The second kappa shape index (κ2) is 8.94. The minimum atomic E-state index is -0.286. The molecule has 0 saturated heterocycles. The lowest BCUT2D eigenvalue weighted by molar-refractivity contribution is -0.119. The summed E-state index contributed by atoms with van der Waals surface area (Å²) in [4.78, 5) is 26.9. The summed E-state index contributed by atoms with van der Waals surface area (Å²) in [7, 11) is 0. The summed E-state index contributed by atoms with van der Waals surface area (Å²) < 4.78 is 1.24. The minimum absolute atomic E-state index is 0.0852. The molecule has 0 aliphatic heterocycles. The first-order valence-electron chi connectivity index (χ1n) is 9.18. The van der Waals surface area contributed by atoms with Crippen molar-refractivity contribution in [3.05, 3.63) is 83.2 Å². The quantitative estimate of drug-likeness (QED) is 0.644. The van der Waals surface area contributed by atoms with Gasteiger partial charge in [-0.1, -0.05) is 61.9 Å². The Morgan fingerprint density at radius 1 is 0.963 bits per heavy atom. The van der Waals surface area contributed by atoms with Gasteiger partial charge in [0, 0.05) is 23.9 Å². The van der Waals surface area contributed by atoms with Crippen LogP contribution in [0, 0.1) is 0 Å². The first kappa shape index (κ1) is 18.6. The Bertz CT molecular complexity index is 937. The van der Waals surface area contributed by atoms with E-state index in [1.54, 1.807) is 11.0 Å². The molecule has 0 N–H and O–H groups in total. The average molecular weight is 361 g/mol. The Labute approximate surface area is 158 Å². The van der Waals surface area contributed by atoms with Crippen LogP contribution in [0.5, 0.6) is 0 Å². The Hall–Kier alpha value is -3.21. The zero-order valence-electron chi connectivity index (χ0n) is 15.4. The summed E-state index contributed by atoms with van der Waals surface area (Å²) in [6, 6.07) is 22.3. The van der Waals surface area contributed by atoms with Gasteiger partial charge >= 0.3 is 0 Å². The van der Waals surface area contributed by atoms with E-state index >= 15 is 0 Å². The van der Waals surface area contributed by atoms with Crippen LogP contribution in [0.25, 0.3) is 11.3 Å². The van der Waals surface area contributed by atoms with Crippen LogP contribution in [-0.4, -0.2) is 22.2 Å². The van der Waals surface area contributed by atoms with Crippen molar-refractivity contribution in [3.8, 4) is 11.3 Å². The van der Waals surface area contributed by atoms with Crippen molar-refractivity contribution in [1.82, 2.24) is 9.78 Å². The van der Waals surface area contributed by atoms with Gasteiger partial charge in [0.1, 0.15) is 6.54 Å². The molecule has 0 atom stereocenters. The van der Waals surface area contributed by atoms with Crippen molar-refractivity contribution in [3.63, 3.8) is 0 Å². The lowest BCUT2D eigenvalue weighted by atomic mass is 10.1. The molecule has 0 unspecified atom stereocenters. The fraction of sp³-hybridized carbons (Fsp3) is 0.227. The molecule has 3 aromatic rings. The van der Waals surface area contributed by atoms with E-state index in [9.17, 15) is 9.59 Å². The van der Waals surface area contributed by atoms with E-state index < -0.39 is 0 Å². The highest BCUT2D eigenvalue weighted by molar-refractivity contribution is 5.93. The minimum Gasteiger partial charge on any atom is -0.311 e. The van der Waals surface area contributed by atoms with Crippen LogP contribution < -0.4 is 10.5 Å². The normalized spacial score (nSPS) is 10.6. The van der Waals surface area contributed by atoms with Crippen molar-refractivity contribution < 1.29 is 4.79 Å². The van der Waals surface area contributed by atoms with Gasteiger partial charge in [0.05, 0.1) is 5.69 Å². The number of benzene rings is 2. The molecule has 1 amide bonds. The summed E-state index contributed by atoms with van der Waals surface area (Å²) in [6.07, 6.45) is 1.88. The van der Waals surface area contributed by atoms with E-state index in [0.29, 0.717) is 12.2 Å². The molecule has 0 spiro atoms. The van der Waals surface area contributed by atoms with Gasteiger partial charge in [-0.2, -0.15) is 5.10 Å². The molecule has 0 aliphatic carbocycles. The lowest BCUT2D eigenvalue weighted by Crippen LogP contribution is -2.38. The van der Waals surface area contributed by atoms with E-state index in [1.807, 2.05) is 60.7 Å². The predicted molar refractivity (Wildman–Crippen MR) is 108 cm³/mol. The van der Waals surface area contributed by atoms with Crippen LogP contribution in [0.15, 0.2) is 77.6 Å². The standard InChI is InChI=1S/C22H23N3O2/c1-2-3-16-24(19-12-8-5-9-13-19)22(27)17-25-21(26)15-14-20(23-25)18-10-6-4-7-11-18/h4-15H,2-3,16-17H2,1H3. The van der Waals surface area contributed by atoms with Crippen LogP contribution in [0.2, 0.25) is 0 Å². The maximum absolute atomic E-state index is 12.9.